The maximum Gasteiger partial charge on any atom is 0.254 e. The SMILES string of the molecule is CCn1cc(-c2ncc(-c3cc(C(C)(C)O)ccn3)cn2)c2cc(C(=O)N3CCOCC3)ccc21. The van der Waals surface area contributed by atoms with Gasteiger partial charge < -0.3 is 19.3 Å². The van der Waals surface area contributed by atoms with Gasteiger partial charge in [0.05, 0.1) is 24.5 Å². The second-order valence-electron chi connectivity index (χ2n) is 9.25. The Kier molecular flexibility index (Phi) is 6.08. The average molecular weight is 472 g/mol. The Hall–Kier alpha value is -3.62. The number of aromatic nitrogens is 4. The third-order valence-corrected chi connectivity index (χ3v) is 6.42. The summed E-state index contributed by atoms with van der Waals surface area (Å²) in [7, 11) is 0. The minimum Gasteiger partial charge on any atom is -0.386 e. The molecule has 1 aliphatic heterocycles. The highest BCUT2D eigenvalue weighted by Crippen LogP contribution is 2.31. The molecule has 4 aromatic rings. The molecule has 8 heteroatoms. The quantitative estimate of drug-likeness (QED) is 0.475. The van der Waals surface area contributed by atoms with Crippen molar-refractivity contribution in [2.75, 3.05) is 26.3 Å². The summed E-state index contributed by atoms with van der Waals surface area (Å²) in [6.07, 6.45) is 7.21. The smallest absolute Gasteiger partial charge is 0.254 e. The summed E-state index contributed by atoms with van der Waals surface area (Å²) in [6, 6.07) is 9.48. The molecule has 0 spiro atoms. The zero-order valence-electron chi connectivity index (χ0n) is 20.2. The Bertz CT molecular complexity index is 1370. The third kappa shape index (κ3) is 4.54. The van der Waals surface area contributed by atoms with Gasteiger partial charge in [0.25, 0.3) is 5.91 Å². The number of amides is 1. The van der Waals surface area contributed by atoms with Crippen LogP contribution in [0.2, 0.25) is 0 Å². The Morgan fingerprint density at radius 3 is 2.51 bits per heavy atom. The molecule has 1 saturated heterocycles. The summed E-state index contributed by atoms with van der Waals surface area (Å²) in [5.41, 5.74) is 3.84. The molecule has 35 heavy (non-hydrogen) atoms. The van der Waals surface area contributed by atoms with Gasteiger partial charge in [-0.2, -0.15) is 0 Å². The van der Waals surface area contributed by atoms with Crippen LogP contribution >= 0.6 is 0 Å². The van der Waals surface area contributed by atoms with Crippen LogP contribution in [-0.4, -0.2) is 61.7 Å². The minimum atomic E-state index is -0.961. The van der Waals surface area contributed by atoms with E-state index in [1.54, 1.807) is 38.5 Å². The molecule has 1 aliphatic rings. The number of rotatable bonds is 5. The number of aryl methyl sites for hydroxylation is 1. The van der Waals surface area contributed by atoms with Crippen LogP contribution in [-0.2, 0) is 16.9 Å². The first kappa shape index (κ1) is 23.1. The lowest BCUT2D eigenvalue weighted by Gasteiger charge is -2.26. The van der Waals surface area contributed by atoms with E-state index in [1.807, 2.05) is 35.4 Å². The zero-order chi connectivity index (χ0) is 24.6. The fourth-order valence-corrected chi connectivity index (χ4v) is 4.39. The van der Waals surface area contributed by atoms with E-state index in [2.05, 4.69) is 26.4 Å². The first-order valence-electron chi connectivity index (χ1n) is 11.9. The van der Waals surface area contributed by atoms with Crippen LogP contribution in [0.5, 0.6) is 0 Å². The van der Waals surface area contributed by atoms with Crippen LogP contribution in [0.15, 0.2) is 55.1 Å². The number of carbonyl (C=O) groups excluding carboxylic acids is 1. The first-order chi connectivity index (χ1) is 16.8. The van der Waals surface area contributed by atoms with Crippen LogP contribution < -0.4 is 0 Å². The number of fused-ring (bicyclic) bond motifs is 1. The van der Waals surface area contributed by atoms with Crippen molar-refractivity contribution in [3.05, 3.63) is 66.2 Å². The van der Waals surface area contributed by atoms with E-state index in [0.717, 1.165) is 34.1 Å². The van der Waals surface area contributed by atoms with E-state index >= 15 is 0 Å². The number of pyridine rings is 1. The van der Waals surface area contributed by atoms with Crippen LogP contribution in [0, 0.1) is 0 Å². The molecule has 0 aliphatic carbocycles. The Morgan fingerprint density at radius 1 is 1.09 bits per heavy atom. The second-order valence-corrected chi connectivity index (χ2v) is 9.25. The molecule has 4 heterocycles. The average Bonchev–Trinajstić information content (AvgIpc) is 3.26. The molecule has 1 amide bonds. The number of ether oxygens (including phenoxy) is 1. The summed E-state index contributed by atoms with van der Waals surface area (Å²) in [5, 5.41) is 11.3. The van der Waals surface area contributed by atoms with Gasteiger partial charge in [-0.05, 0) is 56.7 Å². The zero-order valence-corrected chi connectivity index (χ0v) is 20.2. The van der Waals surface area contributed by atoms with Gasteiger partial charge in [-0.15, -0.1) is 0 Å². The number of aliphatic hydroxyl groups is 1. The Morgan fingerprint density at radius 2 is 1.83 bits per heavy atom. The van der Waals surface area contributed by atoms with Crippen LogP contribution in [0.4, 0.5) is 0 Å². The number of carbonyl (C=O) groups is 1. The van der Waals surface area contributed by atoms with Crippen LogP contribution in [0.25, 0.3) is 33.5 Å². The normalized spacial score (nSPS) is 14.5. The standard InChI is InChI=1S/C27H29N5O3/c1-4-31-17-22(21-13-18(5-6-24(21)31)26(33)32-9-11-35-12-10-32)25-29-15-19(16-30-25)23-14-20(7-8-28-23)27(2,3)34/h5-8,13-17,34H,4,9-12H2,1-3H3. The molecule has 5 rings (SSSR count). The maximum atomic E-state index is 13.1. The van der Waals surface area contributed by atoms with Gasteiger partial charge in [0, 0.05) is 72.0 Å². The molecule has 0 bridgehead atoms. The summed E-state index contributed by atoms with van der Waals surface area (Å²) in [5.74, 6) is 0.597. The van der Waals surface area contributed by atoms with Crippen molar-refractivity contribution in [3.8, 4) is 22.6 Å². The van der Waals surface area contributed by atoms with Crippen molar-refractivity contribution >= 4 is 16.8 Å². The van der Waals surface area contributed by atoms with Gasteiger partial charge in [-0.3, -0.25) is 9.78 Å². The molecule has 0 saturated carbocycles. The van der Waals surface area contributed by atoms with Crippen molar-refractivity contribution in [2.24, 2.45) is 0 Å². The predicted octanol–water partition coefficient (Wildman–Crippen LogP) is 3.88. The molecule has 3 aromatic heterocycles. The molecule has 0 atom stereocenters. The first-order valence-corrected chi connectivity index (χ1v) is 11.9. The highest BCUT2D eigenvalue weighted by Gasteiger charge is 2.21. The monoisotopic (exact) mass is 471 g/mol. The number of morpholine rings is 1. The topological polar surface area (TPSA) is 93.4 Å². The highest BCUT2D eigenvalue weighted by molar-refractivity contribution is 6.02. The van der Waals surface area contributed by atoms with Gasteiger partial charge in [0.2, 0.25) is 0 Å². The molecular weight excluding hydrogens is 442 g/mol. The van der Waals surface area contributed by atoms with Crippen molar-refractivity contribution in [1.82, 2.24) is 24.4 Å². The van der Waals surface area contributed by atoms with Crippen molar-refractivity contribution in [3.63, 3.8) is 0 Å². The molecule has 1 aromatic carbocycles. The van der Waals surface area contributed by atoms with E-state index in [-0.39, 0.29) is 5.91 Å². The van der Waals surface area contributed by atoms with Crippen LogP contribution in [0.3, 0.4) is 0 Å². The van der Waals surface area contributed by atoms with Crippen molar-refractivity contribution in [1.29, 1.82) is 0 Å². The number of benzene rings is 1. The van der Waals surface area contributed by atoms with E-state index in [0.29, 0.717) is 43.4 Å². The van der Waals surface area contributed by atoms with Crippen LogP contribution in [0.1, 0.15) is 36.7 Å². The largest absolute Gasteiger partial charge is 0.386 e. The molecule has 0 unspecified atom stereocenters. The fraction of sp³-hybridized carbons (Fsp3) is 0.333. The van der Waals surface area contributed by atoms with Crippen molar-refractivity contribution in [2.45, 2.75) is 32.9 Å². The Labute approximate surface area is 204 Å². The fourth-order valence-electron chi connectivity index (χ4n) is 4.39. The molecule has 8 nitrogen and oxygen atoms in total. The third-order valence-electron chi connectivity index (χ3n) is 6.42. The van der Waals surface area contributed by atoms with Gasteiger partial charge in [0.1, 0.15) is 0 Å². The van der Waals surface area contributed by atoms with E-state index in [4.69, 9.17) is 4.74 Å². The second kappa shape index (κ2) is 9.20. The maximum absolute atomic E-state index is 13.1. The van der Waals surface area contributed by atoms with E-state index in [9.17, 15) is 9.90 Å². The van der Waals surface area contributed by atoms with Gasteiger partial charge in [-0.25, -0.2) is 9.97 Å². The van der Waals surface area contributed by atoms with Gasteiger partial charge in [0.15, 0.2) is 5.82 Å². The molecule has 0 radical (unpaired) electrons. The van der Waals surface area contributed by atoms with E-state index in [1.165, 1.54) is 0 Å². The lowest BCUT2D eigenvalue weighted by Crippen LogP contribution is -2.40. The summed E-state index contributed by atoms with van der Waals surface area (Å²) in [6.45, 7) is 8.71. The van der Waals surface area contributed by atoms with Gasteiger partial charge >= 0.3 is 0 Å². The summed E-state index contributed by atoms with van der Waals surface area (Å²) in [4.78, 5) is 28.6. The summed E-state index contributed by atoms with van der Waals surface area (Å²) >= 11 is 0. The minimum absolute atomic E-state index is 0.0134. The van der Waals surface area contributed by atoms with E-state index < -0.39 is 5.60 Å². The molecule has 1 N–H and O–H groups in total. The number of hydrogen-bond acceptors (Lipinski definition) is 6. The highest BCUT2D eigenvalue weighted by atomic mass is 16.5. The Balaban J connectivity index is 1.51. The number of hydrogen-bond donors (Lipinski definition) is 1. The van der Waals surface area contributed by atoms with Gasteiger partial charge in [-0.1, -0.05) is 0 Å². The van der Waals surface area contributed by atoms with Crippen molar-refractivity contribution < 1.29 is 14.6 Å². The molecule has 1 fully saturated rings. The number of nitrogens with zero attached hydrogens (tertiary/aromatic N) is 5. The molecular formula is C27H29N5O3. The lowest BCUT2D eigenvalue weighted by atomic mass is 9.98. The predicted molar refractivity (Wildman–Crippen MR) is 134 cm³/mol. The molecule has 180 valence electrons. The summed E-state index contributed by atoms with van der Waals surface area (Å²) < 4.78 is 7.52. The lowest BCUT2D eigenvalue weighted by molar-refractivity contribution is 0.0303.